The lowest BCUT2D eigenvalue weighted by atomic mass is 9.98. The second kappa shape index (κ2) is 6.18. The summed E-state index contributed by atoms with van der Waals surface area (Å²) in [5, 5.41) is 3.32. The average molecular weight is 256 g/mol. The summed E-state index contributed by atoms with van der Waals surface area (Å²) in [6.07, 6.45) is 2.54. The first-order valence-corrected chi connectivity index (χ1v) is 6.54. The summed E-state index contributed by atoms with van der Waals surface area (Å²) in [7, 11) is 0. The minimum absolute atomic E-state index is 0.521. The van der Waals surface area contributed by atoms with Crippen LogP contribution in [-0.4, -0.2) is 16.5 Å². The highest BCUT2D eigenvalue weighted by Gasteiger charge is 2.06. The lowest BCUT2D eigenvalue weighted by Crippen LogP contribution is -2.09. The van der Waals surface area contributed by atoms with Gasteiger partial charge in [0.2, 0.25) is 0 Å². The van der Waals surface area contributed by atoms with Gasteiger partial charge in [-0.25, -0.2) is 9.97 Å². The summed E-state index contributed by atoms with van der Waals surface area (Å²) in [5.74, 6) is 1.88. The maximum atomic E-state index is 5.75. The third-order valence-electron chi connectivity index (χ3n) is 3.36. The number of rotatable bonds is 5. The SMILES string of the molecule is Cc1c(N)ncnc1NCCC(C)c1ccccc1. The molecule has 1 aromatic heterocycles. The number of nitrogens with zero attached hydrogens (tertiary/aromatic N) is 2. The Labute approximate surface area is 114 Å². The van der Waals surface area contributed by atoms with Crippen molar-refractivity contribution >= 4 is 11.6 Å². The van der Waals surface area contributed by atoms with Crippen molar-refractivity contribution in [1.29, 1.82) is 0 Å². The van der Waals surface area contributed by atoms with Gasteiger partial charge in [-0.3, -0.25) is 0 Å². The molecule has 100 valence electrons. The zero-order chi connectivity index (χ0) is 13.7. The molecule has 0 aliphatic heterocycles. The first kappa shape index (κ1) is 13.3. The number of hydrogen-bond donors (Lipinski definition) is 2. The normalized spacial score (nSPS) is 12.1. The fourth-order valence-electron chi connectivity index (χ4n) is 2.00. The van der Waals surface area contributed by atoms with Crippen molar-refractivity contribution in [2.45, 2.75) is 26.2 Å². The van der Waals surface area contributed by atoms with E-state index in [1.807, 2.05) is 13.0 Å². The molecule has 0 aliphatic rings. The Morgan fingerprint density at radius 1 is 1.21 bits per heavy atom. The van der Waals surface area contributed by atoms with Gasteiger partial charge in [0.1, 0.15) is 18.0 Å². The second-order valence-corrected chi connectivity index (χ2v) is 4.76. The predicted octanol–water partition coefficient (Wildman–Crippen LogP) is 2.97. The molecule has 4 heteroatoms. The molecule has 0 bridgehead atoms. The Kier molecular flexibility index (Phi) is 4.34. The van der Waals surface area contributed by atoms with Crippen LogP contribution in [0, 0.1) is 6.92 Å². The molecule has 1 aromatic carbocycles. The van der Waals surface area contributed by atoms with E-state index < -0.39 is 0 Å². The summed E-state index contributed by atoms with van der Waals surface area (Å²) >= 11 is 0. The zero-order valence-electron chi connectivity index (χ0n) is 11.4. The van der Waals surface area contributed by atoms with Crippen molar-refractivity contribution in [3.63, 3.8) is 0 Å². The molecular weight excluding hydrogens is 236 g/mol. The van der Waals surface area contributed by atoms with E-state index in [0.29, 0.717) is 11.7 Å². The molecule has 0 radical (unpaired) electrons. The number of aromatic nitrogens is 2. The zero-order valence-corrected chi connectivity index (χ0v) is 11.4. The molecule has 2 aromatic rings. The average Bonchev–Trinajstić information content (AvgIpc) is 2.44. The number of nitrogens with one attached hydrogen (secondary N) is 1. The summed E-state index contributed by atoms with van der Waals surface area (Å²) in [5.41, 5.74) is 8.03. The van der Waals surface area contributed by atoms with Gasteiger partial charge in [0.15, 0.2) is 0 Å². The van der Waals surface area contributed by atoms with Gasteiger partial charge >= 0.3 is 0 Å². The van der Waals surface area contributed by atoms with E-state index in [1.54, 1.807) is 0 Å². The Balaban J connectivity index is 1.88. The molecule has 0 fully saturated rings. The topological polar surface area (TPSA) is 63.8 Å². The predicted molar refractivity (Wildman–Crippen MR) is 79.1 cm³/mol. The van der Waals surface area contributed by atoms with Crippen LogP contribution in [0.4, 0.5) is 11.6 Å². The highest BCUT2D eigenvalue weighted by Crippen LogP contribution is 2.19. The maximum Gasteiger partial charge on any atom is 0.134 e. The number of nitrogen functional groups attached to an aromatic ring is 1. The summed E-state index contributed by atoms with van der Waals surface area (Å²) < 4.78 is 0. The van der Waals surface area contributed by atoms with Gasteiger partial charge in [-0.1, -0.05) is 37.3 Å². The molecule has 4 nitrogen and oxygen atoms in total. The van der Waals surface area contributed by atoms with Crippen LogP contribution in [0.2, 0.25) is 0 Å². The monoisotopic (exact) mass is 256 g/mol. The Morgan fingerprint density at radius 2 is 1.95 bits per heavy atom. The summed E-state index contributed by atoms with van der Waals surface area (Å²) in [4.78, 5) is 8.16. The smallest absolute Gasteiger partial charge is 0.134 e. The first-order valence-electron chi connectivity index (χ1n) is 6.54. The molecule has 0 saturated heterocycles. The van der Waals surface area contributed by atoms with Gasteiger partial charge < -0.3 is 11.1 Å². The van der Waals surface area contributed by atoms with Gasteiger partial charge in [0.25, 0.3) is 0 Å². The molecule has 1 heterocycles. The molecule has 0 aliphatic carbocycles. The number of benzene rings is 1. The highest BCUT2D eigenvalue weighted by molar-refractivity contribution is 5.53. The van der Waals surface area contributed by atoms with Crippen molar-refractivity contribution in [2.75, 3.05) is 17.6 Å². The van der Waals surface area contributed by atoms with E-state index in [2.05, 4.69) is 46.5 Å². The fraction of sp³-hybridized carbons (Fsp3) is 0.333. The summed E-state index contributed by atoms with van der Waals surface area (Å²) in [6.45, 7) is 5.03. The first-order chi connectivity index (χ1) is 9.18. The molecule has 3 N–H and O–H groups in total. The molecule has 2 rings (SSSR count). The van der Waals surface area contributed by atoms with Crippen molar-refractivity contribution in [3.8, 4) is 0 Å². The van der Waals surface area contributed by atoms with Crippen LogP contribution in [0.3, 0.4) is 0 Å². The van der Waals surface area contributed by atoms with Crippen LogP contribution in [-0.2, 0) is 0 Å². The van der Waals surface area contributed by atoms with Crippen molar-refractivity contribution in [1.82, 2.24) is 9.97 Å². The Morgan fingerprint density at radius 3 is 2.68 bits per heavy atom. The number of anilines is 2. The van der Waals surface area contributed by atoms with Crippen LogP contribution in [0.25, 0.3) is 0 Å². The lowest BCUT2D eigenvalue weighted by molar-refractivity contribution is 0.704. The van der Waals surface area contributed by atoms with Gasteiger partial charge in [-0.2, -0.15) is 0 Å². The summed E-state index contributed by atoms with van der Waals surface area (Å²) in [6, 6.07) is 10.5. The van der Waals surface area contributed by atoms with Gasteiger partial charge in [-0.15, -0.1) is 0 Å². The minimum Gasteiger partial charge on any atom is -0.383 e. The third-order valence-corrected chi connectivity index (χ3v) is 3.36. The number of nitrogens with two attached hydrogens (primary N) is 1. The van der Waals surface area contributed by atoms with Crippen molar-refractivity contribution in [3.05, 3.63) is 47.8 Å². The molecule has 1 atom stereocenters. The van der Waals surface area contributed by atoms with Crippen LogP contribution >= 0.6 is 0 Å². The van der Waals surface area contributed by atoms with Gasteiger partial charge in [0, 0.05) is 12.1 Å². The van der Waals surface area contributed by atoms with Crippen LogP contribution in [0.15, 0.2) is 36.7 Å². The lowest BCUT2D eigenvalue weighted by Gasteiger charge is -2.13. The maximum absolute atomic E-state index is 5.75. The standard InChI is InChI=1S/C15H20N4/c1-11(13-6-4-3-5-7-13)8-9-17-15-12(2)14(16)18-10-19-15/h3-7,10-11H,8-9H2,1-2H3,(H3,16,17,18,19). The Hall–Kier alpha value is -2.10. The van der Waals surface area contributed by atoms with Crippen LogP contribution in [0.5, 0.6) is 0 Å². The van der Waals surface area contributed by atoms with E-state index in [4.69, 9.17) is 5.73 Å². The van der Waals surface area contributed by atoms with E-state index in [0.717, 1.165) is 24.3 Å². The van der Waals surface area contributed by atoms with Gasteiger partial charge in [-0.05, 0) is 24.8 Å². The quantitative estimate of drug-likeness (QED) is 0.863. The van der Waals surface area contributed by atoms with Gasteiger partial charge in [0.05, 0.1) is 0 Å². The van der Waals surface area contributed by atoms with Crippen molar-refractivity contribution in [2.24, 2.45) is 0 Å². The largest absolute Gasteiger partial charge is 0.383 e. The second-order valence-electron chi connectivity index (χ2n) is 4.76. The van der Waals surface area contributed by atoms with Crippen LogP contribution < -0.4 is 11.1 Å². The molecule has 1 unspecified atom stereocenters. The molecule has 0 saturated carbocycles. The molecule has 0 amide bonds. The van der Waals surface area contributed by atoms with E-state index in [-0.39, 0.29) is 0 Å². The molecule has 19 heavy (non-hydrogen) atoms. The highest BCUT2D eigenvalue weighted by atomic mass is 15.0. The fourth-order valence-corrected chi connectivity index (χ4v) is 2.00. The van der Waals surface area contributed by atoms with Crippen LogP contribution in [0.1, 0.15) is 30.4 Å². The minimum atomic E-state index is 0.521. The number of hydrogen-bond acceptors (Lipinski definition) is 4. The Bertz CT molecular complexity index is 525. The third kappa shape index (κ3) is 3.44. The van der Waals surface area contributed by atoms with E-state index in [1.165, 1.54) is 11.9 Å². The molecular formula is C15H20N4. The van der Waals surface area contributed by atoms with E-state index >= 15 is 0 Å². The molecule has 0 spiro atoms. The van der Waals surface area contributed by atoms with Crippen molar-refractivity contribution < 1.29 is 0 Å². The van der Waals surface area contributed by atoms with E-state index in [9.17, 15) is 0 Å².